The average molecular weight is 275 g/mol. The van der Waals surface area contributed by atoms with E-state index in [0.29, 0.717) is 12.6 Å². The van der Waals surface area contributed by atoms with Gasteiger partial charge < -0.3 is 10.6 Å². The fourth-order valence-corrected chi connectivity index (χ4v) is 3.24. The van der Waals surface area contributed by atoms with Crippen molar-refractivity contribution >= 4 is 5.82 Å². The van der Waals surface area contributed by atoms with Crippen LogP contribution in [-0.4, -0.2) is 18.1 Å². The van der Waals surface area contributed by atoms with Crippen LogP contribution in [-0.2, 0) is 13.0 Å². The summed E-state index contributed by atoms with van der Waals surface area (Å²) in [6.45, 7) is 5.06. The number of hydrogen-bond acceptors (Lipinski definition) is 3. The maximum atomic E-state index is 5.81. The monoisotopic (exact) mass is 275 g/mol. The van der Waals surface area contributed by atoms with Gasteiger partial charge in [-0.1, -0.05) is 20.3 Å². The molecule has 2 N–H and O–H groups in total. The topological polar surface area (TPSA) is 42.1 Å². The zero-order valence-electron chi connectivity index (χ0n) is 13.2. The quantitative estimate of drug-likeness (QED) is 0.894. The van der Waals surface area contributed by atoms with Crippen LogP contribution in [0.1, 0.15) is 57.2 Å². The van der Waals surface area contributed by atoms with E-state index in [1.54, 1.807) is 0 Å². The molecule has 0 radical (unpaired) electrons. The van der Waals surface area contributed by atoms with E-state index in [0.717, 1.165) is 23.9 Å². The van der Waals surface area contributed by atoms with Crippen molar-refractivity contribution in [3.63, 3.8) is 0 Å². The van der Waals surface area contributed by atoms with E-state index in [1.165, 1.54) is 37.7 Å². The smallest absolute Gasteiger partial charge is 0.129 e. The molecule has 0 unspecified atom stereocenters. The van der Waals surface area contributed by atoms with Crippen molar-refractivity contribution in [1.29, 1.82) is 0 Å². The van der Waals surface area contributed by atoms with Gasteiger partial charge in [0.15, 0.2) is 0 Å². The second-order valence-electron chi connectivity index (χ2n) is 6.08. The molecule has 1 aromatic rings. The first-order chi connectivity index (χ1) is 9.67. The summed E-state index contributed by atoms with van der Waals surface area (Å²) >= 11 is 0. The van der Waals surface area contributed by atoms with Crippen LogP contribution in [0.4, 0.5) is 5.82 Å². The SMILES string of the molecule is CCc1cc(CN)cc(N(C)C2CCC(CC)CC2)n1. The van der Waals surface area contributed by atoms with E-state index < -0.39 is 0 Å². The molecule has 1 fully saturated rings. The van der Waals surface area contributed by atoms with E-state index in [4.69, 9.17) is 10.7 Å². The van der Waals surface area contributed by atoms with E-state index in [-0.39, 0.29) is 0 Å². The number of hydrogen-bond donors (Lipinski definition) is 1. The molecule has 20 heavy (non-hydrogen) atoms. The van der Waals surface area contributed by atoms with Crippen LogP contribution in [0.25, 0.3) is 0 Å². The molecular weight excluding hydrogens is 246 g/mol. The molecule has 112 valence electrons. The summed E-state index contributed by atoms with van der Waals surface area (Å²) < 4.78 is 0. The Hall–Kier alpha value is -1.09. The van der Waals surface area contributed by atoms with Crippen LogP contribution in [0.15, 0.2) is 12.1 Å². The number of nitrogens with zero attached hydrogens (tertiary/aromatic N) is 2. The van der Waals surface area contributed by atoms with Gasteiger partial charge in [-0.3, -0.25) is 0 Å². The minimum absolute atomic E-state index is 0.596. The molecule has 1 aliphatic carbocycles. The number of aromatic nitrogens is 1. The molecule has 0 spiro atoms. The first-order valence-corrected chi connectivity index (χ1v) is 8.10. The van der Waals surface area contributed by atoms with Crippen LogP contribution in [0.2, 0.25) is 0 Å². The molecule has 0 atom stereocenters. The lowest BCUT2D eigenvalue weighted by molar-refractivity contribution is 0.313. The largest absolute Gasteiger partial charge is 0.357 e. The van der Waals surface area contributed by atoms with Gasteiger partial charge in [-0.05, 0) is 55.7 Å². The highest BCUT2D eigenvalue weighted by Crippen LogP contribution is 2.31. The number of rotatable bonds is 5. The van der Waals surface area contributed by atoms with Gasteiger partial charge in [-0.25, -0.2) is 4.98 Å². The van der Waals surface area contributed by atoms with E-state index in [1.807, 2.05) is 0 Å². The number of anilines is 1. The van der Waals surface area contributed by atoms with Gasteiger partial charge in [0.05, 0.1) is 0 Å². The fourth-order valence-electron chi connectivity index (χ4n) is 3.24. The average Bonchev–Trinajstić information content (AvgIpc) is 2.53. The predicted octanol–water partition coefficient (Wildman–Crippen LogP) is 3.51. The Balaban J connectivity index is 2.10. The summed E-state index contributed by atoms with van der Waals surface area (Å²) in [5.41, 5.74) is 8.16. The Morgan fingerprint density at radius 1 is 1.20 bits per heavy atom. The van der Waals surface area contributed by atoms with Crippen LogP contribution in [0, 0.1) is 5.92 Å². The molecule has 0 bridgehead atoms. The highest BCUT2D eigenvalue weighted by atomic mass is 15.2. The third-order valence-electron chi connectivity index (χ3n) is 4.83. The Morgan fingerprint density at radius 3 is 2.45 bits per heavy atom. The zero-order chi connectivity index (χ0) is 14.5. The maximum absolute atomic E-state index is 5.81. The van der Waals surface area contributed by atoms with Gasteiger partial charge in [-0.15, -0.1) is 0 Å². The summed E-state index contributed by atoms with van der Waals surface area (Å²) in [6, 6.07) is 4.93. The Bertz CT molecular complexity index is 400. The summed E-state index contributed by atoms with van der Waals surface area (Å²) in [5.74, 6) is 2.04. The molecule has 3 nitrogen and oxygen atoms in total. The number of aryl methyl sites for hydroxylation is 1. The molecule has 1 heterocycles. The summed E-state index contributed by atoms with van der Waals surface area (Å²) in [4.78, 5) is 7.16. The van der Waals surface area contributed by atoms with Gasteiger partial charge in [-0.2, -0.15) is 0 Å². The molecule has 0 amide bonds. The first-order valence-electron chi connectivity index (χ1n) is 8.10. The second-order valence-corrected chi connectivity index (χ2v) is 6.08. The molecule has 0 saturated heterocycles. The third kappa shape index (κ3) is 3.51. The highest BCUT2D eigenvalue weighted by molar-refractivity contribution is 5.43. The summed E-state index contributed by atoms with van der Waals surface area (Å²) in [6.07, 6.45) is 7.62. The lowest BCUT2D eigenvalue weighted by atomic mass is 9.84. The van der Waals surface area contributed by atoms with Crippen molar-refractivity contribution in [1.82, 2.24) is 4.98 Å². The van der Waals surface area contributed by atoms with Crippen LogP contribution in [0.3, 0.4) is 0 Å². The van der Waals surface area contributed by atoms with Crippen LogP contribution >= 0.6 is 0 Å². The van der Waals surface area contributed by atoms with Crippen molar-refractivity contribution in [2.24, 2.45) is 11.7 Å². The third-order valence-corrected chi connectivity index (χ3v) is 4.83. The molecule has 1 aliphatic rings. The van der Waals surface area contributed by atoms with Gasteiger partial charge in [0.25, 0.3) is 0 Å². The minimum Gasteiger partial charge on any atom is -0.357 e. The Labute approximate surface area is 123 Å². The molecule has 1 aromatic heterocycles. The summed E-state index contributed by atoms with van der Waals surface area (Å²) in [7, 11) is 2.19. The van der Waals surface area contributed by atoms with Crippen LogP contribution in [0.5, 0.6) is 0 Å². The maximum Gasteiger partial charge on any atom is 0.129 e. The fraction of sp³-hybridized carbons (Fsp3) is 0.706. The zero-order valence-corrected chi connectivity index (χ0v) is 13.2. The van der Waals surface area contributed by atoms with Crippen molar-refractivity contribution in [3.8, 4) is 0 Å². The lowest BCUT2D eigenvalue weighted by Gasteiger charge is -2.35. The van der Waals surface area contributed by atoms with Crippen molar-refractivity contribution < 1.29 is 0 Å². The number of nitrogens with two attached hydrogens (primary N) is 1. The second kappa shape index (κ2) is 7.07. The summed E-state index contributed by atoms with van der Waals surface area (Å²) in [5, 5.41) is 0. The normalized spacial score (nSPS) is 22.8. The van der Waals surface area contributed by atoms with Gasteiger partial charge in [0.2, 0.25) is 0 Å². The molecular formula is C17H29N3. The van der Waals surface area contributed by atoms with Crippen molar-refractivity contribution in [3.05, 3.63) is 23.4 Å². The Kier molecular flexibility index (Phi) is 5.41. The molecule has 2 rings (SSSR count). The van der Waals surface area contributed by atoms with Gasteiger partial charge in [0.1, 0.15) is 5.82 Å². The first kappa shape index (κ1) is 15.3. The lowest BCUT2D eigenvalue weighted by Crippen LogP contribution is -2.35. The standard InChI is InChI=1S/C17H29N3/c1-4-13-6-8-16(9-7-13)20(3)17-11-14(12-18)10-15(5-2)19-17/h10-11,13,16H,4-9,12,18H2,1-3H3. The highest BCUT2D eigenvalue weighted by Gasteiger charge is 2.24. The minimum atomic E-state index is 0.596. The van der Waals surface area contributed by atoms with E-state index in [2.05, 4.69) is 37.9 Å². The van der Waals surface area contributed by atoms with Crippen molar-refractivity contribution in [2.75, 3.05) is 11.9 Å². The Morgan fingerprint density at radius 2 is 1.90 bits per heavy atom. The van der Waals surface area contributed by atoms with Crippen LogP contribution < -0.4 is 10.6 Å². The number of pyridine rings is 1. The molecule has 0 aliphatic heterocycles. The molecule has 3 heteroatoms. The van der Waals surface area contributed by atoms with Gasteiger partial charge >= 0.3 is 0 Å². The molecule has 0 aromatic carbocycles. The molecule has 1 saturated carbocycles. The van der Waals surface area contributed by atoms with E-state index in [9.17, 15) is 0 Å². The predicted molar refractivity (Wildman–Crippen MR) is 85.9 cm³/mol. The van der Waals surface area contributed by atoms with Gasteiger partial charge in [0, 0.05) is 25.3 Å². The van der Waals surface area contributed by atoms with E-state index >= 15 is 0 Å². The van der Waals surface area contributed by atoms with Crippen molar-refractivity contribution in [2.45, 2.75) is 65.0 Å².